The number of amides is 1. The summed E-state index contributed by atoms with van der Waals surface area (Å²) in [5.41, 5.74) is 6.82. The second-order valence-electron chi connectivity index (χ2n) is 3.79. The van der Waals surface area contributed by atoms with Gasteiger partial charge in [-0.25, -0.2) is 0 Å². The highest BCUT2D eigenvalue weighted by Crippen LogP contribution is 2.23. The van der Waals surface area contributed by atoms with Crippen molar-refractivity contribution >= 4 is 11.6 Å². The van der Waals surface area contributed by atoms with E-state index in [2.05, 4.69) is 0 Å². The summed E-state index contributed by atoms with van der Waals surface area (Å²) in [6.45, 7) is 0.881. The van der Waals surface area contributed by atoms with E-state index in [1.807, 2.05) is 0 Å². The van der Waals surface area contributed by atoms with Gasteiger partial charge in [0.1, 0.15) is 12.4 Å². The molecule has 2 N–H and O–H groups in total. The summed E-state index contributed by atoms with van der Waals surface area (Å²) in [5, 5.41) is 0. The van der Waals surface area contributed by atoms with Crippen LogP contribution in [0, 0.1) is 0 Å². The molecule has 1 rings (SSSR count). The van der Waals surface area contributed by atoms with Crippen LogP contribution in [-0.2, 0) is 4.74 Å². The molecule has 0 heterocycles. The van der Waals surface area contributed by atoms with E-state index in [-0.39, 0.29) is 5.91 Å². The number of carbonyl (C=O) groups is 1. The predicted molar refractivity (Wildman–Crippen MR) is 66.2 cm³/mol. The quantitative estimate of drug-likeness (QED) is 0.614. The smallest absolute Gasteiger partial charge is 0.253 e. The first-order valence-electron chi connectivity index (χ1n) is 5.29. The van der Waals surface area contributed by atoms with E-state index >= 15 is 0 Å². The Balaban J connectivity index is 2.83. The van der Waals surface area contributed by atoms with Crippen LogP contribution in [0.4, 0.5) is 5.69 Å². The molecule has 1 aromatic carbocycles. The molecule has 0 aromatic heterocycles. The summed E-state index contributed by atoms with van der Waals surface area (Å²) in [4.78, 5) is 13.2. The van der Waals surface area contributed by atoms with Crippen LogP contribution < -0.4 is 10.5 Å². The van der Waals surface area contributed by atoms with Crippen molar-refractivity contribution < 1.29 is 14.3 Å². The van der Waals surface area contributed by atoms with Gasteiger partial charge >= 0.3 is 0 Å². The van der Waals surface area contributed by atoms with Gasteiger partial charge in [0.25, 0.3) is 5.91 Å². The van der Waals surface area contributed by atoms with Crippen LogP contribution in [-0.4, -0.2) is 45.2 Å². The molecule has 5 heteroatoms. The molecule has 5 nitrogen and oxygen atoms in total. The van der Waals surface area contributed by atoms with Gasteiger partial charge in [0, 0.05) is 26.8 Å². The topological polar surface area (TPSA) is 64.8 Å². The molecule has 17 heavy (non-hydrogen) atoms. The molecule has 0 aliphatic rings. The fourth-order valence-corrected chi connectivity index (χ4v) is 1.29. The number of hydrogen-bond acceptors (Lipinski definition) is 4. The monoisotopic (exact) mass is 238 g/mol. The van der Waals surface area contributed by atoms with Gasteiger partial charge in [0.2, 0.25) is 0 Å². The van der Waals surface area contributed by atoms with Crippen molar-refractivity contribution in [3.63, 3.8) is 0 Å². The number of ether oxygens (including phenoxy) is 2. The van der Waals surface area contributed by atoms with Gasteiger partial charge in [-0.2, -0.15) is 0 Å². The highest BCUT2D eigenvalue weighted by molar-refractivity contribution is 5.94. The molecule has 0 spiro atoms. The highest BCUT2D eigenvalue weighted by Gasteiger charge is 2.10. The van der Waals surface area contributed by atoms with E-state index in [1.54, 1.807) is 39.4 Å². The Hall–Kier alpha value is -1.75. The number of anilines is 1. The van der Waals surface area contributed by atoms with Crippen molar-refractivity contribution in [1.29, 1.82) is 0 Å². The lowest BCUT2D eigenvalue weighted by atomic mass is 10.1. The minimum absolute atomic E-state index is 0.0819. The van der Waals surface area contributed by atoms with E-state index < -0.39 is 0 Å². The lowest BCUT2D eigenvalue weighted by Crippen LogP contribution is -2.21. The van der Waals surface area contributed by atoms with Crippen LogP contribution in [0.1, 0.15) is 10.4 Å². The first-order valence-corrected chi connectivity index (χ1v) is 5.29. The highest BCUT2D eigenvalue weighted by atomic mass is 16.5. The average Bonchev–Trinajstić information content (AvgIpc) is 2.30. The molecule has 0 unspecified atom stereocenters. The number of rotatable bonds is 5. The van der Waals surface area contributed by atoms with Gasteiger partial charge in [-0.1, -0.05) is 0 Å². The Bertz CT molecular complexity index is 391. The lowest BCUT2D eigenvalue weighted by molar-refractivity contribution is 0.0827. The van der Waals surface area contributed by atoms with E-state index in [1.165, 1.54) is 4.90 Å². The summed E-state index contributed by atoms with van der Waals surface area (Å²) >= 11 is 0. The Morgan fingerprint density at radius 3 is 2.65 bits per heavy atom. The third-order valence-corrected chi connectivity index (χ3v) is 2.21. The second-order valence-corrected chi connectivity index (χ2v) is 3.79. The van der Waals surface area contributed by atoms with Gasteiger partial charge in [-0.15, -0.1) is 0 Å². The number of nitrogens with two attached hydrogens (primary N) is 1. The SMILES string of the molecule is COCCOc1cc(C(=O)N(C)C)ccc1N. The van der Waals surface area contributed by atoms with Crippen LogP contribution in [0.15, 0.2) is 18.2 Å². The van der Waals surface area contributed by atoms with E-state index in [0.717, 1.165) is 0 Å². The largest absolute Gasteiger partial charge is 0.489 e. The van der Waals surface area contributed by atoms with Crippen molar-refractivity contribution in [1.82, 2.24) is 4.90 Å². The van der Waals surface area contributed by atoms with E-state index in [4.69, 9.17) is 15.2 Å². The molecule has 0 bridgehead atoms. The normalized spacial score (nSPS) is 10.1. The van der Waals surface area contributed by atoms with Gasteiger partial charge in [-0.3, -0.25) is 4.79 Å². The number of carbonyl (C=O) groups excluding carboxylic acids is 1. The molecule has 1 aromatic rings. The van der Waals surface area contributed by atoms with Gasteiger partial charge in [0.05, 0.1) is 12.3 Å². The van der Waals surface area contributed by atoms with Crippen LogP contribution >= 0.6 is 0 Å². The molecule has 0 aliphatic heterocycles. The fourth-order valence-electron chi connectivity index (χ4n) is 1.29. The van der Waals surface area contributed by atoms with Crippen molar-refractivity contribution in [2.45, 2.75) is 0 Å². The maximum Gasteiger partial charge on any atom is 0.253 e. The second kappa shape index (κ2) is 6.10. The molecule has 0 saturated carbocycles. The van der Waals surface area contributed by atoms with Crippen molar-refractivity contribution in [2.24, 2.45) is 0 Å². The predicted octanol–water partition coefficient (Wildman–Crippen LogP) is 0.996. The number of hydrogen-bond donors (Lipinski definition) is 1. The summed E-state index contributed by atoms with van der Waals surface area (Å²) in [7, 11) is 4.99. The molecule has 0 saturated heterocycles. The summed E-state index contributed by atoms with van der Waals surface area (Å²) in [6.07, 6.45) is 0. The Morgan fingerprint density at radius 1 is 1.35 bits per heavy atom. The van der Waals surface area contributed by atoms with Crippen LogP contribution in [0.2, 0.25) is 0 Å². The van der Waals surface area contributed by atoms with Gasteiger partial charge < -0.3 is 20.1 Å². The number of benzene rings is 1. The molecule has 1 amide bonds. The fraction of sp³-hybridized carbons (Fsp3) is 0.417. The minimum Gasteiger partial charge on any atom is -0.489 e. The molecule has 0 aliphatic carbocycles. The maximum atomic E-state index is 11.7. The zero-order valence-electron chi connectivity index (χ0n) is 10.4. The van der Waals surface area contributed by atoms with Crippen LogP contribution in [0.5, 0.6) is 5.75 Å². The molecular formula is C12H18N2O3. The number of methoxy groups -OCH3 is 1. The molecule has 0 atom stereocenters. The van der Waals surface area contributed by atoms with Crippen molar-refractivity contribution in [3.8, 4) is 5.75 Å². The maximum absolute atomic E-state index is 11.7. The van der Waals surface area contributed by atoms with E-state index in [9.17, 15) is 4.79 Å². The molecular weight excluding hydrogens is 220 g/mol. The van der Waals surface area contributed by atoms with Gasteiger partial charge in [-0.05, 0) is 18.2 Å². The summed E-state index contributed by atoms with van der Waals surface area (Å²) in [6, 6.07) is 4.99. The zero-order valence-corrected chi connectivity index (χ0v) is 10.4. The first kappa shape index (κ1) is 13.3. The Labute approximate surface area is 101 Å². The first-order chi connectivity index (χ1) is 8.06. The Kier molecular flexibility index (Phi) is 4.78. The third-order valence-electron chi connectivity index (χ3n) is 2.21. The Morgan fingerprint density at radius 2 is 2.06 bits per heavy atom. The average molecular weight is 238 g/mol. The van der Waals surface area contributed by atoms with Crippen LogP contribution in [0.25, 0.3) is 0 Å². The van der Waals surface area contributed by atoms with E-state index in [0.29, 0.717) is 30.2 Å². The third kappa shape index (κ3) is 3.64. The van der Waals surface area contributed by atoms with Crippen molar-refractivity contribution in [2.75, 3.05) is 40.2 Å². The lowest BCUT2D eigenvalue weighted by Gasteiger charge is -2.13. The zero-order chi connectivity index (χ0) is 12.8. The summed E-state index contributed by atoms with van der Waals surface area (Å²) in [5.74, 6) is 0.427. The number of nitrogens with zero attached hydrogens (tertiary/aromatic N) is 1. The van der Waals surface area contributed by atoms with Gasteiger partial charge in [0.15, 0.2) is 0 Å². The van der Waals surface area contributed by atoms with Crippen molar-refractivity contribution in [3.05, 3.63) is 23.8 Å². The summed E-state index contributed by atoms with van der Waals surface area (Å²) < 4.78 is 10.3. The molecule has 0 radical (unpaired) electrons. The minimum atomic E-state index is -0.0819. The molecule has 0 fully saturated rings. The number of nitrogen functional groups attached to an aromatic ring is 1. The molecule has 94 valence electrons. The standard InChI is InChI=1S/C12H18N2O3/c1-14(2)12(15)9-4-5-10(13)11(8-9)17-7-6-16-3/h4-5,8H,6-7,13H2,1-3H3. The van der Waals surface area contributed by atoms with Crippen LogP contribution in [0.3, 0.4) is 0 Å².